The topological polar surface area (TPSA) is 46.6 Å². The minimum Gasteiger partial charge on any atom is -0.426 e. The molecule has 2 aromatic rings. The summed E-state index contributed by atoms with van der Waals surface area (Å²) in [7, 11) is 0. The number of anilines is 1. The molecule has 1 amide bonds. The largest absolute Gasteiger partial charge is 0.426 e. The fourth-order valence-electron chi connectivity index (χ4n) is 3.35. The number of hydrogen-bond donors (Lipinski definition) is 0. The van der Waals surface area contributed by atoms with Crippen LogP contribution in [-0.2, 0) is 22.4 Å². The van der Waals surface area contributed by atoms with Gasteiger partial charge in [-0.3, -0.25) is 9.59 Å². The minimum absolute atomic E-state index is 0.0154. The van der Waals surface area contributed by atoms with E-state index in [-0.39, 0.29) is 18.3 Å². The molecule has 0 aromatic heterocycles. The molecule has 1 saturated heterocycles. The van der Waals surface area contributed by atoms with Crippen molar-refractivity contribution in [1.82, 2.24) is 0 Å². The van der Waals surface area contributed by atoms with Crippen molar-refractivity contribution in [3.05, 3.63) is 58.1 Å². The Balaban J connectivity index is 1.79. The van der Waals surface area contributed by atoms with Crippen molar-refractivity contribution in [2.75, 3.05) is 11.4 Å². The van der Waals surface area contributed by atoms with Gasteiger partial charge in [0.05, 0.1) is 5.92 Å². The third-order valence-electron chi connectivity index (χ3n) is 4.73. The smallest absolute Gasteiger partial charge is 0.316 e. The van der Waals surface area contributed by atoms with E-state index < -0.39 is 5.92 Å². The number of hydrogen-bond acceptors (Lipinski definition) is 3. The highest BCUT2D eigenvalue weighted by atomic mass is 79.9. The molecule has 5 heteroatoms. The van der Waals surface area contributed by atoms with E-state index in [1.165, 1.54) is 0 Å². The SMILES string of the molecule is CCc1cccc(CC)c1N1C[C@H](C(=O)Oc2ccc(Br)cc2)CC1=O. The molecule has 4 nitrogen and oxygen atoms in total. The summed E-state index contributed by atoms with van der Waals surface area (Å²) in [4.78, 5) is 26.9. The lowest BCUT2D eigenvalue weighted by molar-refractivity contribution is -0.139. The van der Waals surface area contributed by atoms with Crippen LogP contribution in [0.15, 0.2) is 46.9 Å². The van der Waals surface area contributed by atoms with Crippen LogP contribution in [0.2, 0.25) is 0 Å². The Bertz CT molecular complexity index is 794. The van der Waals surface area contributed by atoms with Gasteiger partial charge in [-0.1, -0.05) is 48.0 Å². The summed E-state index contributed by atoms with van der Waals surface area (Å²) in [5.74, 6) is -0.318. The highest BCUT2D eigenvalue weighted by Gasteiger charge is 2.37. The Morgan fingerprint density at radius 2 is 1.73 bits per heavy atom. The van der Waals surface area contributed by atoms with Crippen LogP contribution in [0, 0.1) is 5.92 Å². The lowest BCUT2D eigenvalue weighted by atomic mass is 10.0. The first kappa shape index (κ1) is 18.6. The average molecular weight is 416 g/mol. The molecule has 26 heavy (non-hydrogen) atoms. The van der Waals surface area contributed by atoms with Crippen molar-refractivity contribution >= 4 is 33.5 Å². The van der Waals surface area contributed by atoms with Gasteiger partial charge in [0.2, 0.25) is 5.91 Å². The fourth-order valence-corrected chi connectivity index (χ4v) is 3.61. The summed E-state index contributed by atoms with van der Waals surface area (Å²) >= 11 is 3.35. The standard InChI is InChI=1S/C21H22BrNO3/c1-3-14-6-5-7-15(4-2)20(14)23-13-16(12-19(23)24)21(25)26-18-10-8-17(22)9-11-18/h5-11,16H,3-4,12-13H2,1-2H3/t16-/m1/s1. The minimum atomic E-state index is -0.444. The van der Waals surface area contributed by atoms with Crippen molar-refractivity contribution in [3.63, 3.8) is 0 Å². The number of benzene rings is 2. The second-order valence-electron chi connectivity index (χ2n) is 6.41. The van der Waals surface area contributed by atoms with E-state index in [0.29, 0.717) is 12.3 Å². The van der Waals surface area contributed by atoms with E-state index in [0.717, 1.165) is 34.1 Å². The van der Waals surface area contributed by atoms with Crippen molar-refractivity contribution in [2.24, 2.45) is 5.92 Å². The average Bonchev–Trinajstić information content (AvgIpc) is 3.04. The van der Waals surface area contributed by atoms with Gasteiger partial charge in [-0.25, -0.2) is 0 Å². The molecule has 1 heterocycles. The van der Waals surface area contributed by atoms with Gasteiger partial charge in [0.15, 0.2) is 0 Å². The first-order valence-electron chi connectivity index (χ1n) is 8.91. The maximum atomic E-state index is 12.6. The number of amides is 1. The summed E-state index contributed by atoms with van der Waals surface area (Å²) in [6, 6.07) is 13.2. The molecule has 136 valence electrons. The van der Waals surface area contributed by atoms with Crippen LogP contribution in [0.4, 0.5) is 5.69 Å². The summed E-state index contributed by atoms with van der Waals surface area (Å²) in [5, 5.41) is 0. The van der Waals surface area contributed by atoms with Gasteiger partial charge in [-0.15, -0.1) is 0 Å². The predicted molar refractivity (Wildman–Crippen MR) is 105 cm³/mol. The molecule has 0 radical (unpaired) electrons. The number of aryl methyl sites for hydroxylation is 2. The zero-order chi connectivity index (χ0) is 18.7. The van der Waals surface area contributed by atoms with Crippen LogP contribution >= 0.6 is 15.9 Å². The number of carbonyl (C=O) groups is 2. The quantitative estimate of drug-likeness (QED) is 0.532. The van der Waals surface area contributed by atoms with Crippen molar-refractivity contribution in [3.8, 4) is 5.75 Å². The fraction of sp³-hybridized carbons (Fsp3) is 0.333. The Hall–Kier alpha value is -2.14. The van der Waals surface area contributed by atoms with E-state index in [4.69, 9.17) is 4.74 Å². The first-order chi connectivity index (χ1) is 12.5. The normalized spacial score (nSPS) is 16.8. The number of halogens is 1. The number of carbonyl (C=O) groups excluding carboxylic acids is 2. The zero-order valence-corrected chi connectivity index (χ0v) is 16.6. The number of nitrogens with zero attached hydrogens (tertiary/aromatic N) is 1. The Morgan fingerprint density at radius 3 is 2.31 bits per heavy atom. The molecule has 1 fully saturated rings. The number of esters is 1. The molecule has 3 rings (SSSR count). The van der Waals surface area contributed by atoms with Gasteiger partial charge in [-0.05, 0) is 48.2 Å². The van der Waals surface area contributed by atoms with Gasteiger partial charge >= 0.3 is 5.97 Å². The monoisotopic (exact) mass is 415 g/mol. The van der Waals surface area contributed by atoms with Crippen LogP contribution in [0.3, 0.4) is 0 Å². The molecule has 2 aromatic carbocycles. The Morgan fingerprint density at radius 1 is 1.12 bits per heavy atom. The van der Waals surface area contributed by atoms with Crippen LogP contribution in [0.25, 0.3) is 0 Å². The summed E-state index contributed by atoms with van der Waals surface area (Å²) in [6.07, 6.45) is 1.89. The molecule has 0 N–H and O–H groups in total. The summed E-state index contributed by atoms with van der Waals surface area (Å²) in [6.45, 7) is 4.54. The molecule has 1 atom stereocenters. The van der Waals surface area contributed by atoms with Crippen molar-refractivity contribution < 1.29 is 14.3 Å². The van der Waals surface area contributed by atoms with E-state index >= 15 is 0 Å². The second-order valence-corrected chi connectivity index (χ2v) is 7.33. The first-order valence-corrected chi connectivity index (χ1v) is 9.71. The van der Waals surface area contributed by atoms with Gasteiger partial charge in [0, 0.05) is 23.1 Å². The lowest BCUT2D eigenvalue weighted by Crippen LogP contribution is -2.29. The third kappa shape index (κ3) is 3.83. The summed E-state index contributed by atoms with van der Waals surface area (Å²) in [5.41, 5.74) is 3.25. The van der Waals surface area contributed by atoms with Gasteiger partial charge in [0.25, 0.3) is 0 Å². The third-order valence-corrected chi connectivity index (χ3v) is 5.25. The highest BCUT2D eigenvalue weighted by Crippen LogP contribution is 2.33. The zero-order valence-electron chi connectivity index (χ0n) is 15.0. The van der Waals surface area contributed by atoms with Crippen LogP contribution in [0.5, 0.6) is 5.75 Å². The molecule has 0 aliphatic carbocycles. The maximum Gasteiger partial charge on any atom is 0.316 e. The van der Waals surface area contributed by atoms with E-state index in [9.17, 15) is 9.59 Å². The van der Waals surface area contributed by atoms with Crippen LogP contribution < -0.4 is 9.64 Å². The highest BCUT2D eigenvalue weighted by molar-refractivity contribution is 9.10. The number of para-hydroxylation sites is 1. The Kier molecular flexibility index (Phi) is 5.77. The van der Waals surface area contributed by atoms with Crippen LogP contribution in [-0.4, -0.2) is 18.4 Å². The Labute approximate surface area is 162 Å². The van der Waals surface area contributed by atoms with Crippen molar-refractivity contribution in [2.45, 2.75) is 33.1 Å². The molecule has 0 spiro atoms. The van der Waals surface area contributed by atoms with Gasteiger partial charge in [-0.2, -0.15) is 0 Å². The molecular formula is C21H22BrNO3. The summed E-state index contributed by atoms with van der Waals surface area (Å²) < 4.78 is 6.38. The van der Waals surface area contributed by atoms with E-state index in [1.807, 2.05) is 18.2 Å². The molecule has 0 saturated carbocycles. The van der Waals surface area contributed by atoms with Crippen LogP contribution in [0.1, 0.15) is 31.4 Å². The molecule has 0 unspecified atom stereocenters. The number of rotatable bonds is 5. The molecule has 0 bridgehead atoms. The van der Waals surface area contributed by atoms with Gasteiger partial charge in [0.1, 0.15) is 5.75 Å². The number of ether oxygens (including phenoxy) is 1. The van der Waals surface area contributed by atoms with E-state index in [2.05, 4.69) is 41.9 Å². The van der Waals surface area contributed by atoms with E-state index in [1.54, 1.807) is 17.0 Å². The van der Waals surface area contributed by atoms with Gasteiger partial charge < -0.3 is 9.64 Å². The predicted octanol–water partition coefficient (Wildman–Crippen LogP) is 4.53. The van der Waals surface area contributed by atoms with Crippen molar-refractivity contribution in [1.29, 1.82) is 0 Å². The maximum absolute atomic E-state index is 12.6. The lowest BCUT2D eigenvalue weighted by Gasteiger charge is -2.23. The molecule has 1 aliphatic rings. The second kappa shape index (κ2) is 8.04. The molecule has 1 aliphatic heterocycles. The molecular weight excluding hydrogens is 394 g/mol.